The highest BCUT2D eigenvalue weighted by atomic mass is 16.5. The molecule has 8 heteroatoms. The van der Waals surface area contributed by atoms with E-state index in [1.54, 1.807) is 14.2 Å². The third kappa shape index (κ3) is 7.49. The van der Waals surface area contributed by atoms with Crippen LogP contribution in [0.3, 0.4) is 0 Å². The number of hydrogen-bond acceptors (Lipinski definition) is 7. The fourth-order valence-electron chi connectivity index (χ4n) is 3.29. The van der Waals surface area contributed by atoms with E-state index in [4.69, 9.17) is 18.9 Å². The van der Waals surface area contributed by atoms with Crippen LogP contribution < -0.4 is 19.5 Å². The lowest BCUT2D eigenvalue weighted by atomic mass is 10.1. The molecule has 0 radical (unpaired) electrons. The first kappa shape index (κ1) is 24.6. The molecular weight excluding hydrogens is 422 g/mol. The average molecular weight is 456 g/mol. The molecule has 0 saturated carbocycles. The molecule has 1 atom stereocenters. The Bertz CT molecular complexity index is 974. The van der Waals surface area contributed by atoms with E-state index in [0.717, 1.165) is 35.6 Å². The van der Waals surface area contributed by atoms with E-state index in [0.29, 0.717) is 37.0 Å². The summed E-state index contributed by atoms with van der Waals surface area (Å²) in [5.41, 5.74) is 2.96. The van der Waals surface area contributed by atoms with Crippen LogP contribution in [0.4, 0.5) is 0 Å². The number of aliphatic hydroxyl groups excluding tert-OH is 1. The van der Waals surface area contributed by atoms with Gasteiger partial charge < -0.3 is 34.4 Å². The zero-order valence-corrected chi connectivity index (χ0v) is 19.5. The summed E-state index contributed by atoms with van der Waals surface area (Å²) < 4.78 is 21.7. The number of methoxy groups -OCH3 is 2. The van der Waals surface area contributed by atoms with Gasteiger partial charge in [-0.2, -0.15) is 0 Å². The fraction of sp³-hybridized carbons (Fsp3) is 0.400. The highest BCUT2D eigenvalue weighted by Crippen LogP contribution is 2.27. The van der Waals surface area contributed by atoms with Crippen LogP contribution in [0.2, 0.25) is 0 Å². The smallest absolute Gasteiger partial charge is 0.160 e. The van der Waals surface area contributed by atoms with Gasteiger partial charge in [0.05, 0.1) is 26.5 Å². The molecule has 0 unspecified atom stereocenters. The van der Waals surface area contributed by atoms with Crippen LogP contribution in [0.5, 0.6) is 17.2 Å². The Morgan fingerprint density at radius 3 is 2.58 bits per heavy atom. The summed E-state index contributed by atoms with van der Waals surface area (Å²) in [6.45, 7) is 4.50. The highest BCUT2D eigenvalue weighted by Gasteiger charge is 2.08. The van der Waals surface area contributed by atoms with Gasteiger partial charge in [-0.15, -0.1) is 0 Å². The predicted molar refractivity (Wildman–Crippen MR) is 127 cm³/mol. The van der Waals surface area contributed by atoms with Crippen LogP contribution in [0, 0.1) is 0 Å². The molecule has 0 amide bonds. The lowest BCUT2D eigenvalue weighted by Crippen LogP contribution is -2.32. The van der Waals surface area contributed by atoms with Gasteiger partial charge in [0.25, 0.3) is 0 Å². The van der Waals surface area contributed by atoms with E-state index in [2.05, 4.69) is 15.3 Å². The Hall–Kier alpha value is -3.07. The van der Waals surface area contributed by atoms with Crippen LogP contribution in [0.25, 0.3) is 11.4 Å². The maximum Gasteiger partial charge on any atom is 0.160 e. The van der Waals surface area contributed by atoms with Crippen molar-refractivity contribution in [1.29, 1.82) is 0 Å². The minimum absolute atomic E-state index is 0.210. The van der Waals surface area contributed by atoms with E-state index >= 15 is 0 Å². The topological polar surface area (TPSA) is 97.9 Å². The summed E-state index contributed by atoms with van der Waals surface area (Å²) in [5.74, 6) is 2.91. The average Bonchev–Trinajstić information content (AvgIpc) is 3.33. The number of benzene rings is 2. The van der Waals surface area contributed by atoms with Gasteiger partial charge in [-0.3, -0.25) is 0 Å². The summed E-state index contributed by atoms with van der Waals surface area (Å²) in [7, 11) is 3.25. The molecule has 0 saturated heterocycles. The van der Waals surface area contributed by atoms with Crippen molar-refractivity contribution in [2.75, 3.05) is 40.5 Å². The Kier molecular flexibility index (Phi) is 9.56. The molecule has 8 nitrogen and oxygen atoms in total. The minimum Gasteiger partial charge on any atom is -0.493 e. The number of rotatable bonds is 14. The molecule has 0 fully saturated rings. The Morgan fingerprint density at radius 1 is 1.06 bits per heavy atom. The quantitative estimate of drug-likeness (QED) is 0.321. The van der Waals surface area contributed by atoms with Crippen LogP contribution in [0.1, 0.15) is 18.2 Å². The summed E-state index contributed by atoms with van der Waals surface area (Å²) in [4.78, 5) is 7.68. The first-order valence-corrected chi connectivity index (χ1v) is 11.1. The molecule has 178 valence electrons. The van der Waals surface area contributed by atoms with Crippen molar-refractivity contribution in [2.45, 2.75) is 26.1 Å². The molecule has 3 aromatic rings. The second-order valence-corrected chi connectivity index (χ2v) is 7.51. The SMILES string of the molecule is CCOCc1c[nH]c(-c2ccc(OC[C@@H](O)CNCCc3ccc(OC)c(OC)c3)cc2)n1. The maximum atomic E-state index is 10.2. The minimum atomic E-state index is -0.610. The van der Waals surface area contributed by atoms with Crippen molar-refractivity contribution in [1.82, 2.24) is 15.3 Å². The van der Waals surface area contributed by atoms with E-state index < -0.39 is 6.10 Å². The van der Waals surface area contributed by atoms with Gasteiger partial charge in [0, 0.05) is 24.9 Å². The lowest BCUT2D eigenvalue weighted by Gasteiger charge is -2.14. The molecule has 2 aromatic carbocycles. The van der Waals surface area contributed by atoms with Crippen molar-refractivity contribution in [3.8, 4) is 28.6 Å². The number of hydrogen-bond donors (Lipinski definition) is 3. The number of imidazole rings is 1. The van der Waals surface area contributed by atoms with Crippen molar-refractivity contribution < 1.29 is 24.1 Å². The third-order valence-corrected chi connectivity index (χ3v) is 5.07. The number of ether oxygens (including phenoxy) is 4. The first-order chi connectivity index (χ1) is 16.1. The second kappa shape index (κ2) is 12.8. The van der Waals surface area contributed by atoms with E-state index in [1.807, 2.05) is 55.6 Å². The number of aromatic nitrogens is 2. The largest absolute Gasteiger partial charge is 0.493 e. The molecular formula is C25H33N3O5. The molecule has 1 aromatic heterocycles. The molecule has 0 bridgehead atoms. The Balaban J connectivity index is 1.37. The zero-order valence-electron chi connectivity index (χ0n) is 19.5. The first-order valence-electron chi connectivity index (χ1n) is 11.1. The van der Waals surface area contributed by atoms with Crippen molar-refractivity contribution in [3.63, 3.8) is 0 Å². The van der Waals surface area contributed by atoms with Gasteiger partial charge in [0.15, 0.2) is 11.5 Å². The number of aromatic amines is 1. The van der Waals surface area contributed by atoms with Crippen LogP contribution in [0.15, 0.2) is 48.7 Å². The molecule has 0 aliphatic carbocycles. The molecule has 33 heavy (non-hydrogen) atoms. The Morgan fingerprint density at radius 2 is 1.85 bits per heavy atom. The summed E-state index contributed by atoms with van der Waals surface area (Å²) in [5, 5.41) is 13.5. The number of nitrogens with zero attached hydrogens (tertiary/aromatic N) is 1. The van der Waals surface area contributed by atoms with Gasteiger partial charge in [0.1, 0.15) is 24.3 Å². The molecule has 3 rings (SSSR count). The third-order valence-electron chi connectivity index (χ3n) is 5.07. The van der Waals surface area contributed by atoms with Crippen molar-refractivity contribution in [3.05, 3.63) is 59.9 Å². The molecule has 1 heterocycles. The number of aliphatic hydroxyl groups is 1. The molecule has 0 spiro atoms. The fourth-order valence-corrected chi connectivity index (χ4v) is 3.29. The zero-order chi connectivity index (χ0) is 23.5. The summed E-state index contributed by atoms with van der Waals surface area (Å²) in [6, 6.07) is 13.5. The van der Waals surface area contributed by atoms with Gasteiger partial charge >= 0.3 is 0 Å². The molecule has 0 aliphatic heterocycles. The van der Waals surface area contributed by atoms with Gasteiger partial charge in [-0.25, -0.2) is 4.98 Å². The Labute approximate surface area is 194 Å². The standard InChI is InChI=1S/C25H33N3O5/c1-4-32-16-20-14-27-25(28-20)19-6-8-22(9-7-19)33-17-21(29)15-26-12-11-18-5-10-23(30-2)24(13-18)31-3/h5-10,13-14,21,26,29H,4,11-12,15-17H2,1-3H3,(H,27,28)/t21-/m0/s1. The van der Waals surface area contributed by atoms with Crippen LogP contribution in [-0.4, -0.2) is 61.7 Å². The normalized spacial score (nSPS) is 11.9. The van der Waals surface area contributed by atoms with Crippen LogP contribution in [-0.2, 0) is 17.8 Å². The van der Waals surface area contributed by atoms with Gasteiger partial charge in [-0.1, -0.05) is 6.07 Å². The van der Waals surface area contributed by atoms with E-state index in [1.165, 1.54) is 0 Å². The predicted octanol–water partition coefficient (Wildman–Crippen LogP) is 3.20. The van der Waals surface area contributed by atoms with Crippen LogP contribution >= 0.6 is 0 Å². The van der Waals surface area contributed by atoms with Crippen molar-refractivity contribution in [2.24, 2.45) is 0 Å². The monoisotopic (exact) mass is 455 g/mol. The lowest BCUT2D eigenvalue weighted by molar-refractivity contribution is 0.106. The van der Waals surface area contributed by atoms with E-state index in [9.17, 15) is 5.11 Å². The molecule has 0 aliphatic rings. The van der Waals surface area contributed by atoms with E-state index in [-0.39, 0.29) is 6.61 Å². The number of nitrogens with one attached hydrogen (secondary N) is 2. The van der Waals surface area contributed by atoms with Gasteiger partial charge in [-0.05, 0) is 61.9 Å². The van der Waals surface area contributed by atoms with Crippen molar-refractivity contribution >= 4 is 0 Å². The number of H-pyrrole nitrogens is 1. The summed E-state index contributed by atoms with van der Waals surface area (Å²) in [6.07, 6.45) is 2.06. The second-order valence-electron chi connectivity index (χ2n) is 7.51. The maximum absolute atomic E-state index is 10.2. The highest BCUT2D eigenvalue weighted by molar-refractivity contribution is 5.56. The van der Waals surface area contributed by atoms with Gasteiger partial charge in [0.2, 0.25) is 0 Å². The summed E-state index contributed by atoms with van der Waals surface area (Å²) >= 11 is 0. The molecule has 3 N–H and O–H groups in total.